The molecule has 118 valence electrons. The van der Waals surface area contributed by atoms with Crippen molar-refractivity contribution in [3.8, 4) is 12.3 Å². The first kappa shape index (κ1) is 15.8. The molecular formula is C15H22O5Se. The fourth-order valence-electron chi connectivity index (χ4n) is 3.06. The van der Waals surface area contributed by atoms with Crippen LogP contribution in [0.2, 0.25) is 10.6 Å². The van der Waals surface area contributed by atoms with Gasteiger partial charge >= 0.3 is 132 Å². The second-order valence-electron chi connectivity index (χ2n) is 6.43. The number of hydrogen-bond acceptors (Lipinski definition) is 5. The van der Waals surface area contributed by atoms with Gasteiger partial charge in [0.1, 0.15) is 0 Å². The van der Waals surface area contributed by atoms with Crippen molar-refractivity contribution in [3.05, 3.63) is 0 Å². The van der Waals surface area contributed by atoms with Crippen molar-refractivity contribution in [1.82, 2.24) is 0 Å². The van der Waals surface area contributed by atoms with Gasteiger partial charge in [0, 0.05) is 0 Å². The summed E-state index contributed by atoms with van der Waals surface area (Å²) in [5, 5.41) is 1.69. The molecule has 6 heteroatoms. The Morgan fingerprint density at radius 2 is 1.57 bits per heavy atom. The molecule has 21 heavy (non-hydrogen) atoms. The van der Waals surface area contributed by atoms with Crippen LogP contribution < -0.4 is 0 Å². The molecule has 0 aromatic rings. The Hall–Kier alpha value is -0.121. The molecule has 0 N–H and O–H groups in total. The molecule has 3 fully saturated rings. The molecule has 5 nitrogen and oxygen atoms in total. The molecule has 0 aliphatic carbocycles. The zero-order valence-corrected chi connectivity index (χ0v) is 14.5. The molecule has 5 atom stereocenters. The third kappa shape index (κ3) is 3.16. The molecule has 0 amide bonds. The topological polar surface area (TPSA) is 46.2 Å². The van der Waals surface area contributed by atoms with E-state index in [1.54, 1.807) is 0 Å². The fourth-order valence-corrected chi connectivity index (χ4v) is 4.61. The molecule has 0 unspecified atom stereocenters. The zero-order valence-electron chi connectivity index (χ0n) is 12.8. The average molecular weight is 361 g/mol. The van der Waals surface area contributed by atoms with E-state index in [4.69, 9.17) is 30.1 Å². The zero-order chi connectivity index (χ0) is 15.3. The van der Waals surface area contributed by atoms with Gasteiger partial charge in [-0.05, 0) is 0 Å². The van der Waals surface area contributed by atoms with Crippen LogP contribution in [-0.4, -0.2) is 57.2 Å². The van der Waals surface area contributed by atoms with Gasteiger partial charge in [0.15, 0.2) is 0 Å². The van der Waals surface area contributed by atoms with Crippen molar-refractivity contribution in [3.63, 3.8) is 0 Å². The minimum atomic E-state index is -0.658. The third-order valence-corrected chi connectivity index (χ3v) is 5.68. The first-order valence-electron chi connectivity index (χ1n) is 7.19. The van der Waals surface area contributed by atoms with E-state index in [2.05, 4.69) is 5.92 Å². The summed E-state index contributed by atoms with van der Waals surface area (Å²) in [6.07, 6.45) is 4.36. The van der Waals surface area contributed by atoms with Crippen molar-refractivity contribution in [2.24, 2.45) is 0 Å². The van der Waals surface area contributed by atoms with Crippen molar-refractivity contribution in [2.45, 2.75) is 80.6 Å². The van der Waals surface area contributed by atoms with Crippen LogP contribution in [0.3, 0.4) is 0 Å². The summed E-state index contributed by atoms with van der Waals surface area (Å²) in [6, 6.07) is 0. The van der Waals surface area contributed by atoms with Gasteiger partial charge in [-0.2, -0.15) is 0 Å². The van der Waals surface area contributed by atoms with Gasteiger partial charge in [0.25, 0.3) is 0 Å². The summed E-state index contributed by atoms with van der Waals surface area (Å²) >= 11 is 0.335. The summed E-state index contributed by atoms with van der Waals surface area (Å²) in [5.41, 5.74) is 0. The SMILES string of the molecule is C#CC[Se]C[C@H]1O[C@@H]2OC(C)(C)O[C@@H]2[C@H]2OC(C)(C)O[C@H]21. The third-order valence-electron chi connectivity index (χ3n) is 3.72. The summed E-state index contributed by atoms with van der Waals surface area (Å²) < 4.78 is 30.0. The van der Waals surface area contributed by atoms with Gasteiger partial charge < -0.3 is 0 Å². The molecule has 0 saturated carbocycles. The van der Waals surface area contributed by atoms with E-state index < -0.39 is 17.9 Å². The molecular weight excluding hydrogens is 339 g/mol. The quantitative estimate of drug-likeness (QED) is 0.434. The van der Waals surface area contributed by atoms with Gasteiger partial charge in [0.05, 0.1) is 0 Å². The second kappa shape index (κ2) is 5.50. The molecule has 0 bridgehead atoms. The van der Waals surface area contributed by atoms with Gasteiger partial charge in [-0.3, -0.25) is 0 Å². The van der Waals surface area contributed by atoms with E-state index in [0.717, 1.165) is 10.6 Å². The van der Waals surface area contributed by atoms with Crippen LogP contribution in [0, 0.1) is 12.3 Å². The number of fused-ring (bicyclic) bond motifs is 3. The molecule has 0 aromatic heterocycles. The fraction of sp³-hybridized carbons (Fsp3) is 0.867. The maximum atomic E-state index is 6.09. The van der Waals surface area contributed by atoms with Crippen molar-refractivity contribution in [2.75, 3.05) is 0 Å². The molecule has 0 aromatic carbocycles. The standard InChI is InChI=1S/C15H22O5Se/c1-6-7-21-8-9-10-11(18-14(2,3)17-10)12-13(16-9)20-15(4,5)19-12/h1,9-13H,7-8H2,2-5H3/t9-,10+,11+,12-,13-/m1/s1. The van der Waals surface area contributed by atoms with E-state index >= 15 is 0 Å². The average Bonchev–Trinajstić information content (AvgIpc) is 2.84. The van der Waals surface area contributed by atoms with Gasteiger partial charge in [-0.15, -0.1) is 0 Å². The van der Waals surface area contributed by atoms with Gasteiger partial charge in [-0.1, -0.05) is 0 Å². The summed E-state index contributed by atoms with van der Waals surface area (Å²) in [7, 11) is 0. The molecule has 0 radical (unpaired) electrons. The number of rotatable bonds is 3. The maximum absolute atomic E-state index is 6.09. The Morgan fingerprint density at radius 3 is 2.29 bits per heavy atom. The predicted molar refractivity (Wildman–Crippen MR) is 76.7 cm³/mol. The Balaban J connectivity index is 1.77. The van der Waals surface area contributed by atoms with Gasteiger partial charge in [-0.25, -0.2) is 0 Å². The van der Waals surface area contributed by atoms with Crippen LogP contribution in [-0.2, 0) is 23.7 Å². The first-order valence-corrected chi connectivity index (χ1v) is 9.61. The molecule has 3 aliphatic rings. The first-order chi connectivity index (χ1) is 9.81. The Morgan fingerprint density at radius 1 is 0.952 bits per heavy atom. The van der Waals surface area contributed by atoms with Crippen LogP contribution in [0.4, 0.5) is 0 Å². The number of terminal acetylenes is 1. The molecule has 0 spiro atoms. The summed E-state index contributed by atoms with van der Waals surface area (Å²) in [5.74, 6) is 1.40. The van der Waals surface area contributed by atoms with E-state index in [0.29, 0.717) is 15.0 Å². The monoisotopic (exact) mass is 362 g/mol. The van der Waals surface area contributed by atoms with E-state index in [-0.39, 0.29) is 24.4 Å². The number of ether oxygens (including phenoxy) is 5. The number of hydrogen-bond donors (Lipinski definition) is 0. The van der Waals surface area contributed by atoms with Crippen molar-refractivity contribution < 1.29 is 23.7 Å². The van der Waals surface area contributed by atoms with Crippen molar-refractivity contribution >= 4 is 15.0 Å². The minimum absolute atomic E-state index is 0.0520. The second-order valence-corrected chi connectivity index (χ2v) is 8.59. The van der Waals surface area contributed by atoms with Crippen LogP contribution in [0.25, 0.3) is 0 Å². The van der Waals surface area contributed by atoms with Crippen LogP contribution in [0.15, 0.2) is 0 Å². The molecule has 3 aliphatic heterocycles. The Labute approximate surface area is 132 Å². The van der Waals surface area contributed by atoms with Crippen LogP contribution >= 0.6 is 0 Å². The van der Waals surface area contributed by atoms with E-state index in [1.165, 1.54) is 0 Å². The normalized spacial score (nSPS) is 43.1. The Bertz CT molecular complexity index is 444. The molecule has 3 heterocycles. The molecule has 3 saturated heterocycles. The van der Waals surface area contributed by atoms with Gasteiger partial charge in [0.2, 0.25) is 0 Å². The van der Waals surface area contributed by atoms with E-state index in [9.17, 15) is 0 Å². The Kier molecular flexibility index (Phi) is 4.13. The summed E-state index contributed by atoms with van der Waals surface area (Å²) in [6.45, 7) is 7.62. The van der Waals surface area contributed by atoms with E-state index in [1.807, 2.05) is 27.7 Å². The van der Waals surface area contributed by atoms with Crippen molar-refractivity contribution in [1.29, 1.82) is 0 Å². The predicted octanol–water partition coefficient (Wildman–Crippen LogP) is 1.56. The van der Waals surface area contributed by atoms with Crippen LogP contribution in [0.5, 0.6) is 0 Å². The summed E-state index contributed by atoms with van der Waals surface area (Å²) in [4.78, 5) is 0. The molecule has 3 rings (SSSR count). The van der Waals surface area contributed by atoms with Crippen LogP contribution in [0.1, 0.15) is 27.7 Å².